The number of piperazine rings is 1. The van der Waals surface area contributed by atoms with Crippen LogP contribution in [0.25, 0.3) is 0 Å². The molecule has 310 valence electrons. The lowest BCUT2D eigenvalue weighted by Crippen LogP contribution is -2.56. The number of nitrogens with zero attached hydrogens (tertiary/aromatic N) is 6. The van der Waals surface area contributed by atoms with Gasteiger partial charge in [0.15, 0.2) is 12.7 Å². The highest BCUT2D eigenvalue weighted by atomic mass is 16.6. The fourth-order valence-electron chi connectivity index (χ4n) is 8.46. The van der Waals surface area contributed by atoms with Gasteiger partial charge < -0.3 is 44.4 Å². The van der Waals surface area contributed by atoms with Crippen molar-refractivity contribution in [1.82, 2.24) is 29.4 Å². The zero-order valence-electron chi connectivity index (χ0n) is 33.9. The number of rotatable bonds is 11. The molecule has 0 bridgehead atoms. The van der Waals surface area contributed by atoms with Crippen LogP contribution in [-0.4, -0.2) is 169 Å². The lowest BCUT2D eigenvalue weighted by molar-refractivity contribution is -0.151. The average Bonchev–Trinajstić information content (AvgIpc) is 3.38. The van der Waals surface area contributed by atoms with E-state index in [4.69, 9.17) is 9.47 Å². The number of aryl methyl sites for hydroxylation is 2. The largest absolute Gasteiger partial charge is 0.507 e. The summed E-state index contributed by atoms with van der Waals surface area (Å²) in [7, 11) is 3.25. The molecule has 6 rings (SSSR count). The molecule has 0 unspecified atom stereocenters. The number of hydrogen-bond acceptors (Lipinski definition) is 10. The fraction of sp³-hybridized carbons (Fsp3) is 0.595. The third kappa shape index (κ3) is 10.7. The smallest absolute Gasteiger partial charge is 0.410 e. The summed E-state index contributed by atoms with van der Waals surface area (Å²) < 4.78 is 11.2. The van der Waals surface area contributed by atoms with Crippen LogP contribution in [0, 0.1) is 13.8 Å². The van der Waals surface area contributed by atoms with E-state index >= 15 is 0 Å². The first-order valence-corrected chi connectivity index (χ1v) is 20.4. The Hall–Kier alpha value is -4.89. The standard InChI is InChI=1S/C42H59N7O8/c1-29-25-31(26-30(2)39(29)52)27-36(57-42(55)48-18-12-34(13-19-48)49-20-9-32-7-5-6-8-35(32)43-41(49)54)40(53)47-23-21-46(22-24-47)33-10-15-45(16-11-33)17-14-38(51)56-28-37(50)44(3)4/h5-8,25-26,33-34,36,52H,9-24,27-28H2,1-4H3,(H,43,54)/t36-/m1/s1. The summed E-state index contributed by atoms with van der Waals surface area (Å²) >= 11 is 0. The Morgan fingerprint density at radius 2 is 1.51 bits per heavy atom. The Kier molecular flexibility index (Phi) is 13.9. The maximum atomic E-state index is 14.2. The highest BCUT2D eigenvalue weighted by Crippen LogP contribution is 2.27. The lowest BCUT2D eigenvalue weighted by atomic mass is 10.00. The molecule has 0 spiro atoms. The molecule has 1 atom stereocenters. The van der Waals surface area contributed by atoms with Gasteiger partial charge in [-0.2, -0.15) is 0 Å². The first-order chi connectivity index (χ1) is 27.4. The Labute approximate surface area is 335 Å². The molecule has 2 aromatic carbocycles. The van der Waals surface area contributed by atoms with Gasteiger partial charge in [-0.15, -0.1) is 0 Å². The maximum absolute atomic E-state index is 14.2. The number of phenolic OH excluding ortho intramolecular Hbond substituents is 1. The molecule has 3 saturated heterocycles. The number of likely N-dealkylation sites (tertiary alicyclic amines) is 2. The van der Waals surface area contributed by atoms with Gasteiger partial charge in [0.1, 0.15) is 5.75 Å². The van der Waals surface area contributed by atoms with Crippen LogP contribution in [0.2, 0.25) is 0 Å². The molecule has 0 aliphatic carbocycles. The SMILES string of the molecule is Cc1cc(C[C@@H](OC(=O)N2CCC(N3CCc4ccccc4NC3=O)CC2)C(=O)N2CCN(C3CCN(CCC(=O)OCC(=O)N(C)C)CC3)CC2)cc(C)c1O. The highest BCUT2D eigenvalue weighted by Gasteiger charge is 2.36. The molecule has 4 aliphatic heterocycles. The van der Waals surface area contributed by atoms with E-state index in [9.17, 15) is 29.1 Å². The van der Waals surface area contributed by atoms with Crippen molar-refractivity contribution in [3.05, 3.63) is 58.7 Å². The Morgan fingerprint density at radius 3 is 2.18 bits per heavy atom. The van der Waals surface area contributed by atoms with E-state index in [1.807, 2.05) is 55.1 Å². The Bertz CT molecular complexity index is 1740. The molecular weight excluding hydrogens is 731 g/mol. The normalized spacial score (nSPS) is 19.3. The molecule has 15 nitrogen and oxygen atoms in total. The third-order valence-electron chi connectivity index (χ3n) is 12.0. The first-order valence-electron chi connectivity index (χ1n) is 20.4. The highest BCUT2D eigenvalue weighted by molar-refractivity contribution is 5.91. The number of likely N-dealkylation sites (N-methyl/N-ethyl adjacent to an activating group) is 1. The number of phenols is 1. The number of amides is 5. The molecule has 0 saturated carbocycles. The summed E-state index contributed by atoms with van der Waals surface area (Å²) in [6, 6.07) is 11.8. The van der Waals surface area contributed by atoms with E-state index in [1.54, 1.807) is 23.9 Å². The quantitative estimate of drug-likeness (QED) is 0.325. The van der Waals surface area contributed by atoms with Gasteiger partial charge in [0.25, 0.3) is 11.8 Å². The van der Waals surface area contributed by atoms with Gasteiger partial charge in [0.05, 0.1) is 6.42 Å². The molecule has 2 aromatic rings. The van der Waals surface area contributed by atoms with E-state index < -0.39 is 12.2 Å². The summed E-state index contributed by atoms with van der Waals surface area (Å²) in [6.07, 6.45) is 2.75. The molecule has 3 fully saturated rings. The number of fused-ring (bicyclic) bond motifs is 1. The summed E-state index contributed by atoms with van der Waals surface area (Å²) in [4.78, 5) is 76.3. The number of piperidine rings is 2. The monoisotopic (exact) mass is 789 g/mol. The van der Waals surface area contributed by atoms with Crippen LogP contribution < -0.4 is 5.32 Å². The second kappa shape index (κ2) is 19.0. The van der Waals surface area contributed by atoms with Crippen molar-refractivity contribution >= 4 is 35.6 Å². The minimum absolute atomic E-state index is 0.0119. The number of carbonyl (C=O) groups is 5. The fourth-order valence-corrected chi connectivity index (χ4v) is 8.46. The van der Waals surface area contributed by atoms with E-state index in [-0.39, 0.29) is 55.1 Å². The number of nitrogens with one attached hydrogen (secondary N) is 1. The topological polar surface area (TPSA) is 156 Å². The van der Waals surface area contributed by atoms with Gasteiger partial charge >= 0.3 is 18.1 Å². The van der Waals surface area contributed by atoms with Crippen molar-refractivity contribution in [1.29, 1.82) is 0 Å². The summed E-state index contributed by atoms with van der Waals surface area (Å²) in [5.41, 5.74) is 4.15. The van der Waals surface area contributed by atoms with E-state index in [2.05, 4.69) is 15.1 Å². The maximum Gasteiger partial charge on any atom is 0.410 e. The van der Waals surface area contributed by atoms with Crippen LogP contribution in [0.5, 0.6) is 5.75 Å². The van der Waals surface area contributed by atoms with Crippen molar-refractivity contribution in [2.24, 2.45) is 0 Å². The van der Waals surface area contributed by atoms with Crippen LogP contribution in [-0.2, 0) is 36.7 Å². The molecule has 4 heterocycles. The lowest BCUT2D eigenvalue weighted by Gasteiger charge is -2.43. The molecular formula is C42H59N7O8. The van der Waals surface area contributed by atoms with Crippen molar-refractivity contribution < 1.29 is 38.6 Å². The molecule has 15 heteroatoms. The zero-order valence-corrected chi connectivity index (χ0v) is 33.9. The van der Waals surface area contributed by atoms with Crippen molar-refractivity contribution in [3.63, 3.8) is 0 Å². The van der Waals surface area contributed by atoms with Gasteiger partial charge in [0.2, 0.25) is 0 Å². The Balaban J connectivity index is 1.00. The number of hydrogen-bond donors (Lipinski definition) is 2. The molecule has 5 amide bonds. The number of para-hydroxylation sites is 1. The van der Waals surface area contributed by atoms with Gasteiger partial charge in [-0.25, -0.2) is 9.59 Å². The second-order valence-corrected chi connectivity index (χ2v) is 16.0. The zero-order chi connectivity index (χ0) is 40.6. The van der Waals surface area contributed by atoms with Crippen LogP contribution in [0.1, 0.15) is 54.4 Å². The second-order valence-electron chi connectivity index (χ2n) is 16.0. The molecule has 2 N–H and O–H groups in total. The van der Waals surface area contributed by atoms with E-state index in [0.29, 0.717) is 82.4 Å². The van der Waals surface area contributed by atoms with Gasteiger partial charge in [-0.3, -0.25) is 19.3 Å². The van der Waals surface area contributed by atoms with Crippen LogP contribution in [0.3, 0.4) is 0 Å². The number of benzene rings is 2. The van der Waals surface area contributed by atoms with Crippen LogP contribution >= 0.6 is 0 Å². The molecule has 4 aliphatic rings. The third-order valence-corrected chi connectivity index (χ3v) is 12.0. The number of anilines is 1. The van der Waals surface area contributed by atoms with Crippen molar-refractivity contribution in [2.45, 2.75) is 77.0 Å². The van der Waals surface area contributed by atoms with Crippen LogP contribution in [0.4, 0.5) is 15.3 Å². The van der Waals surface area contributed by atoms with Crippen molar-refractivity contribution in [3.8, 4) is 5.75 Å². The first kappa shape index (κ1) is 41.7. The molecule has 57 heavy (non-hydrogen) atoms. The summed E-state index contributed by atoms with van der Waals surface area (Å²) in [6.45, 7) is 9.59. The van der Waals surface area contributed by atoms with Gasteiger partial charge in [0, 0.05) is 90.6 Å². The van der Waals surface area contributed by atoms with E-state index in [1.165, 1.54) is 4.90 Å². The van der Waals surface area contributed by atoms with E-state index in [0.717, 1.165) is 49.2 Å². The van der Waals surface area contributed by atoms with Crippen molar-refractivity contribution in [2.75, 3.05) is 91.5 Å². The van der Waals surface area contributed by atoms with Gasteiger partial charge in [-0.1, -0.05) is 30.3 Å². The predicted octanol–water partition coefficient (Wildman–Crippen LogP) is 3.24. The molecule has 0 aromatic heterocycles. The summed E-state index contributed by atoms with van der Waals surface area (Å²) in [5, 5.41) is 13.4. The predicted molar refractivity (Wildman–Crippen MR) is 214 cm³/mol. The Morgan fingerprint density at radius 1 is 0.860 bits per heavy atom. The number of ether oxygens (including phenoxy) is 2. The average molecular weight is 790 g/mol. The number of esters is 1. The minimum atomic E-state index is -1.03. The number of aromatic hydroxyl groups is 1. The van der Waals surface area contributed by atoms with Crippen LogP contribution in [0.15, 0.2) is 36.4 Å². The van der Waals surface area contributed by atoms with Gasteiger partial charge in [-0.05, 0) is 87.4 Å². The number of carbonyl (C=O) groups excluding carboxylic acids is 5. The minimum Gasteiger partial charge on any atom is -0.507 e. The molecule has 0 radical (unpaired) electrons. The summed E-state index contributed by atoms with van der Waals surface area (Å²) in [5.74, 6) is -0.634. The number of urea groups is 1.